The Kier molecular flexibility index (Phi) is 3.63. The van der Waals surface area contributed by atoms with Gasteiger partial charge in [0, 0.05) is 25.4 Å². The predicted molar refractivity (Wildman–Crippen MR) is 81.8 cm³/mol. The van der Waals surface area contributed by atoms with Gasteiger partial charge in [0.2, 0.25) is 5.89 Å². The van der Waals surface area contributed by atoms with Gasteiger partial charge in [-0.2, -0.15) is 0 Å². The monoisotopic (exact) mass is 314 g/mol. The highest BCUT2D eigenvalue weighted by Crippen LogP contribution is 2.19. The van der Waals surface area contributed by atoms with Crippen LogP contribution in [0.25, 0.3) is 11.1 Å². The van der Waals surface area contributed by atoms with E-state index in [0.717, 1.165) is 18.9 Å². The van der Waals surface area contributed by atoms with Crippen molar-refractivity contribution in [1.29, 1.82) is 0 Å². The molecule has 4 rings (SSSR count). The van der Waals surface area contributed by atoms with Gasteiger partial charge in [0.05, 0.1) is 19.6 Å². The van der Waals surface area contributed by atoms with Crippen LogP contribution in [-0.4, -0.2) is 41.3 Å². The second-order valence-electron chi connectivity index (χ2n) is 5.33. The standard InChI is InChI=1S/C16H15FN4O2/c17-11-1-2-12-13(9-11)23-16(19-12)10-14-18-4-3-15(20-14)21-5-7-22-8-6-21/h1-4,9H,5-8,10H2. The number of halogens is 1. The number of anilines is 1. The molecule has 0 bridgehead atoms. The van der Waals surface area contributed by atoms with Crippen LogP contribution in [0.3, 0.4) is 0 Å². The van der Waals surface area contributed by atoms with E-state index in [1.165, 1.54) is 12.1 Å². The van der Waals surface area contributed by atoms with Gasteiger partial charge in [0.15, 0.2) is 5.58 Å². The second kappa shape index (κ2) is 5.92. The summed E-state index contributed by atoms with van der Waals surface area (Å²) >= 11 is 0. The lowest BCUT2D eigenvalue weighted by molar-refractivity contribution is 0.122. The molecule has 1 fully saturated rings. The van der Waals surface area contributed by atoms with Crippen LogP contribution in [0.15, 0.2) is 34.9 Å². The fraction of sp³-hybridized carbons (Fsp3) is 0.312. The van der Waals surface area contributed by atoms with E-state index in [1.807, 2.05) is 6.07 Å². The zero-order valence-corrected chi connectivity index (χ0v) is 12.4. The first-order valence-electron chi connectivity index (χ1n) is 7.47. The Hall–Kier alpha value is -2.54. The zero-order chi connectivity index (χ0) is 15.6. The number of benzene rings is 1. The van der Waals surface area contributed by atoms with Crippen molar-refractivity contribution in [3.8, 4) is 0 Å². The summed E-state index contributed by atoms with van der Waals surface area (Å²) in [5.74, 6) is 1.64. The van der Waals surface area contributed by atoms with Crippen molar-refractivity contribution in [2.75, 3.05) is 31.2 Å². The molecule has 118 valence electrons. The Morgan fingerprint density at radius 3 is 2.87 bits per heavy atom. The van der Waals surface area contributed by atoms with Crippen LogP contribution < -0.4 is 4.90 Å². The first-order valence-corrected chi connectivity index (χ1v) is 7.47. The maximum atomic E-state index is 13.2. The predicted octanol–water partition coefficient (Wildman–Crippen LogP) is 2.18. The van der Waals surface area contributed by atoms with E-state index in [2.05, 4.69) is 19.9 Å². The molecule has 0 radical (unpaired) electrons. The summed E-state index contributed by atoms with van der Waals surface area (Å²) in [7, 11) is 0. The van der Waals surface area contributed by atoms with Crippen molar-refractivity contribution < 1.29 is 13.5 Å². The Bertz CT molecular complexity index is 830. The number of fused-ring (bicyclic) bond motifs is 1. The molecule has 0 atom stereocenters. The summed E-state index contributed by atoms with van der Waals surface area (Å²) in [5, 5.41) is 0. The fourth-order valence-electron chi connectivity index (χ4n) is 2.60. The number of rotatable bonds is 3. The molecule has 0 N–H and O–H groups in total. The smallest absolute Gasteiger partial charge is 0.203 e. The maximum Gasteiger partial charge on any atom is 0.203 e. The van der Waals surface area contributed by atoms with Crippen LogP contribution in [0.5, 0.6) is 0 Å². The Balaban J connectivity index is 1.57. The molecule has 0 aliphatic carbocycles. The topological polar surface area (TPSA) is 64.3 Å². The van der Waals surface area contributed by atoms with Crippen LogP contribution in [0.2, 0.25) is 0 Å². The lowest BCUT2D eigenvalue weighted by Crippen LogP contribution is -2.36. The first kappa shape index (κ1) is 14.1. The Labute approximate surface area is 131 Å². The highest BCUT2D eigenvalue weighted by Gasteiger charge is 2.14. The van der Waals surface area contributed by atoms with Gasteiger partial charge in [-0.25, -0.2) is 19.3 Å². The molecule has 1 aromatic carbocycles. The van der Waals surface area contributed by atoms with Gasteiger partial charge < -0.3 is 14.1 Å². The van der Waals surface area contributed by atoms with Gasteiger partial charge >= 0.3 is 0 Å². The summed E-state index contributed by atoms with van der Waals surface area (Å²) in [5.41, 5.74) is 1.06. The normalized spacial score (nSPS) is 15.3. The number of ether oxygens (including phenoxy) is 1. The molecule has 3 heterocycles. The molecule has 0 saturated carbocycles. The molecule has 23 heavy (non-hydrogen) atoms. The summed E-state index contributed by atoms with van der Waals surface area (Å²) in [4.78, 5) is 15.3. The molecular weight excluding hydrogens is 299 g/mol. The molecule has 2 aromatic heterocycles. The van der Waals surface area contributed by atoms with Gasteiger partial charge in [0.1, 0.15) is 23.0 Å². The molecule has 6 nitrogen and oxygen atoms in total. The van der Waals surface area contributed by atoms with Crippen LogP contribution >= 0.6 is 0 Å². The van der Waals surface area contributed by atoms with Crippen LogP contribution in [-0.2, 0) is 11.2 Å². The number of hydrogen-bond acceptors (Lipinski definition) is 6. The third kappa shape index (κ3) is 3.00. The van der Waals surface area contributed by atoms with Crippen molar-refractivity contribution in [3.05, 3.63) is 48.0 Å². The van der Waals surface area contributed by atoms with Crippen molar-refractivity contribution >= 4 is 16.9 Å². The number of nitrogens with zero attached hydrogens (tertiary/aromatic N) is 4. The van der Waals surface area contributed by atoms with E-state index in [-0.39, 0.29) is 5.82 Å². The van der Waals surface area contributed by atoms with Crippen molar-refractivity contribution in [1.82, 2.24) is 15.0 Å². The second-order valence-corrected chi connectivity index (χ2v) is 5.33. The molecule has 3 aromatic rings. The summed E-state index contributed by atoms with van der Waals surface area (Å²) < 4.78 is 24.1. The molecule has 1 saturated heterocycles. The van der Waals surface area contributed by atoms with Gasteiger partial charge in [-0.05, 0) is 18.2 Å². The van der Waals surface area contributed by atoms with Crippen molar-refractivity contribution in [2.24, 2.45) is 0 Å². The van der Waals surface area contributed by atoms with Crippen LogP contribution in [0.4, 0.5) is 10.2 Å². The lowest BCUT2D eigenvalue weighted by Gasteiger charge is -2.27. The molecule has 0 unspecified atom stereocenters. The summed E-state index contributed by atoms with van der Waals surface area (Å²) in [6.45, 7) is 3.04. The lowest BCUT2D eigenvalue weighted by atomic mass is 10.3. The first-order chi connectivity index (χ1) is 11.3. The minimum absolute atomic E-state index is 0.342. The van der Waals surface area contributed by atoms with Gasteiger partial charge in [0.25, 0.3) is 0 Å². The Morgan fingerprint density at radius 1 is 1.13 bits per heavy atom. The quantitative estimate of drug-likeness (QED) is 0.738. The minimum atomic E-state index is -0.342. The number of aromatic nitrogens is 3. The SMILES string of the molecule is Fc1ccc2nc(Cc3nccc(N4CCOCC4)n3)oc2c1. The van der Waals surface area contributed by atoms with E-state index < -0.39 is 0 Å². The third-order valence-electron chi connectivity index (χ3n) is 3.73. The largest absolute Gasteiger partial charge is 0.440 e. The molecule has 0 spiro atoms. The number of oxazole rings is 1. The van der Waals surface area contributed by atoms with E-state index in [4.69, 9.17) is 9.15 Å². The van der Waals surface area contributed by atoms with E-state index in [0.29, 0.717) is 42.4 Å². The highest BCUT2D eigenvalue weighted by molar-refractivity contribution is 5.72. The zero-order valence-electron chi connectivity index (χ0n) is 12.4. The summed E-state index contributed by atoms with van der Waals surface area (Å²) in [6, 6.07) is 6.18. The average Bonchev–Trinajstić information content (AvgIpc) is 2.97. The molecule has 1 aliphatic rings. The fourth-order valence-corrected chi connectivity index (χ4v) is 2.60. The van der Waals surface area contributed by atoms with E-state index >= 15 is 0 Å². The summed E-state index contributed by atoms with van der Waals surface area (Å²) in [6.07, 6.45) is 2.10. The highest BCUT2D eigenvalue weighted by atomic mass is 19.1. The van der Waals surface area contributed by atoms with Crippen LogP contribution in [0, 0.1) is 5.82 Å². The third-order valence-corrected chi connectivity index (χ3v) is 3.73. The van der Waals surface area contributed by atoms with E-state index in [9.17, 15) is 4.39 Å². The molecular formula is C16H15FN4O2. The Morgan fingerprint density at radius 2 is 2.00 bits per heavy atom. The van der Waals surface area contributed by atoms with Gasteiger partial charge in [-0.3, -0.25) is 0 Å². The van der Waals surface area contributed by atoms with Crippen molar-refractivity contribution in [2.45, 2.75) is 6.42 Å². The number of morpholine rings is 1. The van der Waals surface area contributed by atoms with Crippen molar-refractivity contribution in [3.63, 3.8) is 0 Å². The van der Waals surface area contributed by atoms with Crippen LogP contribution in [0.1, 0.15) is 11.7 Å². The van der Waals surface area contributed by atoms with Gasteiger partial charge in [-0.1, -0.05) is 0 Å². The van der Waals surface area contributed by atoms with E-state index in [1.54, 1.807) is 12.3 Å². The molecule has 1 aliphatic heterocycles. The molecule has 0 amide bonds. The minimum Gasteiger partial charge on any atom is -0.440 e. The number of hydrogen-bond donors (Lipinski definition) is 0. The van der Waals surface area contributed by atoms with Gasteiger partial charge in [-0.15, -0.1) is 0 Å². The molecule has 7 heteroatoms. The average molecular weight is 314 g/mol. The maximum absolute atomic E-state index is 13.2.